The Kier molecular flexibility index (Phi) is 4.68. The summed E-state index contributed by atoms with van der Waals surface area (Å²) in [6.45, 7) is 5.92. The maximum atomic E-state index is 12.6. The standard InChI is InChI=1S/C21H22N4O3/c1-5-12-8-22-20-15(24-12)7-6-14-18(20)17-13(10-27-4)19(21(26)28-11(2)3)23-9-16(17)25-14/h6-9,11,24H,5,10H2,1-4H3. The van der Waals surface area contributed by atoms with Gasteiger partial charge in [0.05, 0.1) is 41.0 Å². The van der Waals surface area contributed by atoms with E-state index in [1.807, 2.05) is 32.2 Å². The van der Waals surface area contributed by atoms with Gasteiger partial charge in [-0.25, -0.2) is 14.8 Å². The van der Waals surface area contributed by atoms with Gasteiger partial charge in [-0.1, -0.05) is 6.92 Å². The van der Waals surface area contributed by atoms with Crippen molar-refractivity contribution >= 4 is 38.8 Å². The highest BCUT2D eigenvalue weighted by Gasteiger charge is 2.23. The van der Waals surface area contributed by atoms with Gasteiger partial charge in [0.2, 0.25) is 0 Å². The number of nitrogens with one attached hydrogen (secondary N) is 1. The van der Waals surface area contributed by atoms with Crippen LogP contribution in [-0.4, -0.2) is 39.1 Å². The van der Waals surface area contributed by atoms with Crippen molar-refractivity contribution in [2.45, 2.75) is 39.9 Å². The number of ether oxygens (including phenoxy) is 2. The molecule has 0 aliphatic rings. The van der Waals surface area contributed by atoms with Crippen LogP contribution < -0.4 is 0 Å². The van der Waals surface area contributed by atoms with Gasteiger partial charge in [0.1, 0.15) is 0 Å². The Hall–Kier alpha value is -3.06. The topological polar surface area (TPSA) is 90.0 Å². The first-order chi connectivity index (χ1) is 13.5. The predicted octanol–water partition coefficient (Wildman–Crippen LogP) is 3.93. The second-order valence-corrected chi connectivity index (χ2v) is 6.96. The maximum Gasteiger partial charge on any atom is 0.357 e. The first-order valence-electron chi connectivity index (χ1n) is 9.31. The van der Waals surface area contributed by atoms with Crippen LogP contribution in [0.2, 0.25) is 0 Å². The quantitative estimate of drug-likeness (QED) is 0.529. The first kappa shape index (κ1) is 18.3. The summed E-state index contributed by atoms with van der Waals surface area (Å²) < 4.78 is 10.8. The number of aromatic nitrogens is 4. The van der Waals surface area contributed by atoms with Gasteiger partial charge in [-0.3, -0.25) is 4.98 Å². The Bertz CT molecular complexity index is 1200. The third kappa shape index (κ3) is 2.97. The molecule has 7 heteroatoms. The van der Waals surface area contributed by atoms with Gasteiger partial charge in [0, 0.05) is 35.3 Å². The number of nitrogens with zero attached hydrogens (tertiary/aromatic N) is 3. The van der Waals surface area contributed by atoms with Crippen molar-refractivity contribution < 1.29 is 14.3 Å². The number of aromatic amines is 1. The molecule has 3 aromatic heterocycles. The second kappa shape index (κ2) is 7.16. The van der Waals surface area contributed by atoms with Crippen LogP contribution in [0, 0.1) is 0 Å². The number of H-pyrrole nitrogens is 1. The van der Waals surface area contributed by atoms with Gasteiger partial charge in [0.15, 0.2) is 5.69 Å². The zero-order chi connectivity index (χ0) is 19.8. The first-order valence-corrected chi connectivity index (χ1v) is 9.31. The van der Waals surface area contributed by atoms with E-state index in [2.05, 4.69) is 26.9 Å². The van der Waals surface area contributed by atoms with E-state index in [1.54, 1.807) is 13.3 Å². The molecule has 28 heavy (non-hydrogen) atoms. The van der Waals surface area contributed by atoms with Crippen LogP contribution in [-0.2, 0) is 22.5 Å². The van der Waals surface area contributed by atoms with Gasteiger partial charge < -0.3 is 14.5 Å². The number of hydrogen-bond acceptors (Lipinski definition) is 6. The van der Waals surface area contributed by atoms with Gasteiger partial charge in [-0.15, -0.1) is 0 Å². The summed E-state index contributed by atoms with van der Waals surface area (Å²) >= 11 is 0. The number of fused-ring (bicyclic) bond motifs is 5. The number of rotatable bonds is 5. The minimum absolute atomic E-state index is 0.223. The molecule has 0 aliphatic carbocycles. The highest BCUT2D eigenvalue weighted by Crippen LogP contribution is 2.34. The number of methoxy groups -OCH3 is 1. The number of carbonyl (C=O) groups is 1. The van der Waals surface area contributed by atoms with E-state index in [1.165, 1.54) is 0 Å². The molecule has 0 bridgehead atoms. The predicted molar refractivity (Wildman–Crippen MR) is 107 cm³/mol. The molecule has 144 valence electrons. The van der Waals surface area contributed by atoms with Crippen LogP contribution >= 0.6 is 0 Å². The van der Waals surface area contributed by atoms with Crippen molar-refractivity contribution in [3.05, 3.63) is 41.5 Å². The molecule has 0 aliphatic heterocycles. The molecule has 0 amide bonds. The lowest BCUT2D eigenvalue weighted by Crippen LogP contribution is -2.15. The van der Waals surface area contributed by atoms with Crippen molar-refractivity contribution in [3.8, 4) is 0 Å². The van der Waals surface area contributed by atoms with Crippen LogP contribution in [0.1, 0.15) is 42.5 Å². The summed E-state index contributed by atoms with van der Waals surface area (Å²) in [6, 6.07) is 3.94. The van der Waals surface area contributed by atoms with Crippen molar-refractivity contribution in [2.75, 3.05) is 7.11 Å². The average molecular weight is 378 g/mol. The van der Waals surface area contributed by atoms with Crippen LogP contribution in [0.5, 0.6) is 0 Å². The Balaban J connectivity index is 2.07. The summed E-state index contributed by atoms with van der Waals surface area (Å²) in [4.78, 5) is 29.7. The highest BCUT2D eigenvalue weighted by molar-refractivity contribution is 6.20. The van der Waals surface area contributed by atoms with Crippen molar-refractivity contribution in [3.63, 3.8) is 0 Å². The van der Waals surface area contributed by atoms with Crippen LogP contribution in [0.15, 0.2) is 24.5 Å². The van der Waals surface area contributed by atoms with E-state index in [4.69, 9.17) is 9.47 Å². The molecule has 0 fully saturated rings. The van der Waals surface area contributed by atoms with E-state index < -0.39 is 5.97 Å². The van der Waals surface area contributed by atoms with Gasteiger partial charge in [-0.05, 0) is 32.4 Å². The maximum absolute atomic E-state index is 12.6. The molecule has 0 unspecified atom stereocenters. The summed E-state index contributed by atoms with van der Waals surface area (Å²) in [5.74, 6) is -0.466. The summed E-state index contributed by atoms with van der Waals surface area (Å²) in [6.07, 6.45) is 4.08. The SMILES string of the molecule is CCc1cnc2c(ccc3nc4cnc(C(=O)OC(C)C)c(COC)c4c32)[nH]1. The Morgan fingerprint density at radius 1 is 1.14 bits per heavy atom. The van der Waals surface area contributed by atoms with E-state index in [0.717, 1.165) is 39.4 Å². The lowest BCUT2D eigenvalue weighted by molar-refractivity contribution is 0.0366. The Labute approximate surface area is 162 Å². The molecule has 0 radical (unpaired) electrons. The lowest BCUT2D eigenvalue weighted by Gasteiger charge is -2.12. The van der Waals surface area contributed by atoms with E-state index in [0.29, 0.717) is 11.1 Å². The molecule has 0 atom stereocenters. The smallest absolute Gasteiger partial charge is 0.357 e. The van der Waals surface area contributed by atoms with Crippen molar-refractivity contribution in [1.82, 2.24) is 19.9 Å². The van der Waals surface area contributed by atoms with E-state index >= 15 is 0 Å². The molecule has 1 N–H and O–H groups in total. The molecule has 7 nitrogen and oxygen atoms in total. The number of aryl methyl sites for hydroxylation is 1. The molecular weight excluding hydrogens is 356 g/mol. The van der Waals surface area contributed by atoms with Gasteiger partial charge >= 0.3 is 5.97 Å². The summed E-state index contributed by atoms with van der Waals surface area (Å²) in [5.41, 5.74) is 5.22. The van der Waals surface area contributed by atoms with Crippen LogP contribution in [0.3, 0.4) is 0 Å². The van der Waals surface area contributed by atoms with Gasteiger partial charge in [0.25, 0.3) is 0 Å². The van der Waals surface area contributed by atoms with Crippen molar-refractivity contribution in [1.29, 1.82) is 0 Å². The normalized spacial score (nSPS) is 11.8. The molecule has 0 saturated carbocycles. The van der Waals surface area contributed by atoms with E-state index in [-0.39, 0.29) is 18.4 Å². The second-order valence-electron chi connectivity index (χ2n) is 6.96. The fourth-order valence-corrected chi connectivity index (χ4v) is 3.45. The van der Waals surface area contributed by atoms with Crippen LogP contribution in [0.4, 0.5) is 0 Å². The monoisotopic (exact) mass is 378 g/mol. The van der Waals surface area contributed by atoms with Crippen LogP contribution in [0.25, 0.3) is 32.8 Å². The third-order valence-corrected chi connectivity index (χ3v) is 4.66. The Morgan fingerprint density at radius 2 is 1.96 bits per heavy atom. The zero-order valence-electron chi connectivity index (χ0n) is 16.4. The minimum atomic E-state index is -0.466. The fraction of sp³-hybridized carbons (Fsp3) is 0.333. The summed E-state index contributed by atoms with van der Waals surface area (Å²) in [5, 5.41) is 1.72. The molecule has 4 rings (SSSR count). The molecule has 1 aromatic carbocycles. The molecule has 0 saturated heterocycles. The van der Waals surface area contributed by atoms with Gasteiger partial charge in [-0.2, -0.15) is 0 Å². The average Bonchev–Trinajstić information content (AvgIpc) is 3.06. The summed E-state index contributed by atoms with van der Waals surface area (Å²) in [7, 11) is 1.59. The number of carbonyl (C=O) groups excluding carboxylic acids is 1. The number of pyridine rings is 1. The number of esters is 1. The zero-order valence-corrected chi connectivity index (χ0v) is 16.4. The minimum Gasteiger partial charge on any atom is -0.458 e. The molecule has 0 spiro atoms. The molecule has 3 heterocycles. The molecule has 4 aromatic rings. The largest absolute Gasteiger partial charge is 0.458 e. The van der Waals surface area contributed by atoms with E-state index in [9.17, 15) is 4.79 Å². The Morgan fingerprint density at radius 3 is 2.68 bits per heavy atom. The highest BCUT2D eigenvalue weighted by atomic mass is 16.5. The number of benzene rings is 1. The number of hydrogen-bond donors (Lipinski definition) is 1. The van der Waals surface area contributed by atoms with Crippen molar-refractivity contribution in [2.24, 2.45) is 0 Å². The fourth-order valence-electron chi connectivity index (χ4n) is 3.45. The third-order valence-electron chi connectivity index (χ3n) is 4.66. The molecular formula is C21H22N4O3. The lowest BCUT2D eigenvalue weighted by atomic mass is 10.0.